The topological polar surface area (TPSA) is 67.9 Å². The summed E-state index contributed by atoms with van der Waals surface area (Å²) in [4.78, 5) is 27.1. The summed E-state index contributed by atoms with van der Waals surface area (Å²) in [5.74, 6) is 1.25. The highest BCUT2D eigenvalue weighted by molar-refractivity contribution is 5.97. The SMILES string of the molecule is COc1ccc(C(=O)N2CCC3(CC2)CNC(=O)c2cc(C)ccc2O3)cc1. The van der Waals surface area contributed by atoms with Crippen molar-refractivity contribution in [3.05, 3.63) is 59.2 Å². The van der Waals surface area contributed by atoms with E-state index in [-0.39, 0.29) is 11.8 Å². The Hall–Kier alpha value is -3.02. The van der Waals surface area contributed by atoms with Gasteiger partial charge in [-0.15, -0.1) is 0 Å². The van der Waals surface area contributed by atoms with Crippen molar-refractivity contribution in [2.45, 2.75) is 25.4 Å². The van der Waals surface area contributed by atoms with Gasteiger partial charge in [-0.1, -0.05) is 11.6 Å². The fourth-order valence-electron chi connectivity index (χ4n) is 3.83. The fourth-order valence-corrected chi connectivity index (χ4v) is 3.83. The molecule has 2 aromatic rings. The van der Waals surface area contributed by atoms with Gasteiger partial charge in [-0.3, -0.25) is 9.59 Å². The van der Waals surface area contributed by atoms with Crippen LogP contribution in [0.25, 0.3) is 0 Å². The third kappa shape index (κ3) is 3.42. The van der Waals surface area contributed by atoms with Crippen molar-refractivity contribution in [1.29, 1.82) is 0 Å². The Morgan fingerprint density at radius 3 is 2.54 bits per heavy atom. The average molecular weight is 380 g/mol. The normalized spacial score (nSPS) is 17.9. The predicted molar refractivity (Wildman–Crippen MR) is 105 cm³/mol. The molecule has 4 rings (SSSR count). The number of methoxy groups -OCH3 is 1. The van der Waals surface area contributed by atoms with E-state index in [4.69, 9.17) is 9.47 Å². The predicted octanol–water partition coefficient (Wildman–Crippen LogP) is 2.80. The number of rotatable bonds is 2. The van der Waals surface area contributed by atoms with Crippen molar-refractivity contribution >= 4 is 11.8 Å². The highest BCUT2D eigenvalue weighted by atomic mass is 16.5. The van der Waals surface area contributed by atoms with Crippen molar-refractivity contribution in [2.24, 2.45) is 0 Å². The molecular formula is C22H24N2O4. The van der Waals surface area contributed by atoms with Gasteiger partial charge >= 0.3 is 0 Å². The standard InChI is InChI=1S/C22H24N2O4/c1-15-3-8-19-18(13-15)20(25)23-14-22(28-19)9-11-24(12-10-22)21(26)16-4-6-17(27-2)7-5-16/h3-8,13H,9-12,14H2,1-2H3,(H,23,25). The molecule has 2 amide bonds. The van der Waals surface area contributed by atoms with Crippen molar-refractivity contribution in [2.75, 3.05) is 26.7 Å². The molecule has 2 aliphatic heterocycles. The first-order chi connectivity index (χ1) is 13.5. The molecule has 1 fully saturated rings. The summed E-state index contributed by atoms with van der Waals surface area (Å²) < 4.78 is 11.5. The van der Waals surface area contributed by atoms with Crippen LogP contribution in [0.5, 0.6) is 11.5 Å². The molecule has 6 heteroatoms. The van der Waals surface area contributed by atoms with Gasteiger partial charge in [-0.05, 0) is 43.3 Å². The zero-order valence-electron chi connectivity index (χ0n) is 16.2. The molecule has 0 aliphatic carbocycles. The van der Waals surface area contributed by atoms with Gasteiger partial charge in [-0.25, -0.2) is 0 Å². The molecule has 0 unspecified atom stereocenters. The van der Waals surface area contributed by atoms with Crippen molar-refractivity contribution in [3.8, 4) is 11.5 Å². The van der Waals surface area contributed by atoms with Gasteiger partial charge in [0.05, 0.1) is 19.2 Å². The molecule has 1 N–H and O–H groups in total. The molecule has 6 nitrogen and oxygen atoms in total. The number of amides is 2. The van der Waals surface area contributed by atoms with Crippen molar-refractivity contribution in [3.63, 3.8) is 0 Å². The van der Waals surface area contributed by atoms with Crippen LogP contribution in [0.15, 0.2) is 42.5 Å². The highest BCUT2D eigenvalue weighted by Gasteiger charge is 2.41. The van der Waals surface area contributed by atoms with Gasteiger partial charge in [0.15, 0.2) is 0 Å². The lowest BCUT2D eigenvalue weighted by molar-refractivity contribution is 0.00771. The van der Waals surface area contributed by atoms with E-state index in [2.05, 4.69) is 5.32 Å². The number of benzene rings is 2. The Morgan fingerprint density at radius 2 is 1.86 bits per heavy atom. The minimum atomic E-state index is -0.479. The average Bonchev–Trinajstić information content (AvgIpc) is 2.85. The first-order valence-corrected chi connectivity index (χ1v) is 9.51. The van der Waals surface area contributed by atoms with E-state index in [1.54, 1.807) is 31.4 Å². The van der Waals surface area contributed by atoms with E-state index in [1.165, 1.54) is 0 Å². The summed E-state index contributed by atoms with van der Waals surface area (Å²) in [5.41, 5.74) is 1.77. The number of carbonyl (C=O) groups excluding carboxylic acids is 2. The Kier molecular flexibility index (Phi) is 4.71. The van der Waals surface area contributed by atoms with Crippen LogP contribution >= 0.6 is 0 Å². The number of aryl methyl sites for hydroxylation is 1. The maximum Gasteiger partial charge on any atom is 0.255 e. The summed E-state index contributed by atoms with van der Waals surface area (Å²) in [6.07, 6.45) is 1.34. The van der Waals surface area contributed by atoms with E-state index in [0.717, 1.165) is 11.3 Å². The molecule has 2 aliphatic rings. The zero-order valence-corrected chi connectivity index (χ0v) is 16.2. The number of fused-ring (bicyclic) bond motifs is 1. The molecule has 2 aromatic carbocycles. The minimum absolute atomic E-state index is 0.00573. The van der Waals surface area contributed by atoms with Crippen LogP contribution in [0.4, 0.5) is 0 Å². The first-order valence-electron chi connectivity index (χ1n) is 9.51. The molecule has 0 radical (unpaired) electrons. The lowest BCUT2D eigenvalue weighted by Crippen LogP contribution is -2.54. The van der Waals surface area contributed by atoms with Crippen LogP contribution in [0.3, 0.4) is 0 Å². The van der Waals surface area contributed by atoms with Crippen LogP contribution in [-0.4, -0.2) is 49.1 Å². The van der Waals surface area contributed by atoms with E-state index < -0.39 is 5.60 Å². The van der Waals surface area contributed by atoms with E-state index in [9.17, 15) is 9.59 Å². The zero-order chi connectivity index (χ0) is 19.7. The molecule has 0 bridgehead atoms. The lowest BCUT2D eigenvalue weighted by Gasteiger charge is -2.41. The van der Waals surface area contributed by atoms with Gasteiger partial charge in [0.1, 0.15) is 17.1 Å². The first kappa shape index (κ1) is 18.3. The minimum Gasteiger partial charge on any atom is -0.497 e. The van der Waals surface area contributed by atoms with Crippen LogP contribution in [0, 0.1) is 6.92 Å². The quantitative estimate of drug-likeness (QED) is 0.870. The number of ether oxygens (including phenoxy) is 2. The summed E-state index contributed by atoms with van der Waals surface area (Å²) in [7, 11) is 1.60. The van der Waals surface area contributed by atoms with Gasteiger partial charge in [0.2, 0.25) is 0 Å². The van der Waals surface area contributed by atoms with Crippen LogP contribution < -0.4 is 14.8 Å². The third-order valence-corrected chi connectivity index (χ3v) is 5.58. The number of nitrogens with zero attached hydrogens (tertiary/aromatic N) is 1. The smallest absolute Gasteiger partial charge is 0.255 e. The summed E-state index contributed by atoms with van der Waals surface area (Å²) in [6, 6.07) is 12.8. The van der Waals surface area contributed by atoms with E-state index >= 15 is 0 Å². The number of likely N-dealkylation sites (tertiary alicyclic amines) is 1. The fraction of sp³-hybridized carbons (Fsp3) is 0.364. The molecule has 1 saturated heterocycles. The number of carbonyl (C=O) groups is 2. The van der Waals surface area contributed by atoms with Crippen molar-refractivity contribution in [1.82, 2.24) is 10.2 Å². The molecule has 1 spiro atoms. The van der Waals surface area contributed by atoms with Crippen molar-refractivity contribution < 1.29 is 19.1 Å². The molecule has 0 atom stereocenters. The number of hydrogen-bond donors (Lipinski definition) is 1. The van der Waals surface area contributed by atoms with Gasteiger partial charge in [0.25, 0.3) is 11.8 Å². The van der Waals surface area contributed by atoms with Gasteiger partial charge in [0, 0.05) is 31.5 Å². The van der Waals surface area contributed by atoms with E-state index in [1.807, 2.05) is 30.0 Å². The number of hydrogen-bond acceptors (Lipinski definition) is 4. The summed E-state index contributed by atoms with van der Waals surface area (Å²) in [6.45, 7) is 3.57. The number of nitrogens with one attached hydrogen (secondary N) is 1. The molecule has 28 heavy (non-hydrogen) atoms. The molecule has 146 valence electrons. The van der Waals surface area contributed by atoms with E-state index in [0.29, 0.717) is 49.4 Å². The largest absolute Gasteiger partial charge is 0.497 e. The summed E-state index contributed by atoms with van der Waals surface area (Å²) >= 11 is 0. The van der Waals surface area contributed by atoms with Crippen LogP contribution in [0.1, 0.15) is 39.1 Å². The Morgan fingerprint density at radius 1 is 1.14 bits per heavy atom. The third-order valence-electron chi connectivity index (χ3n) is 5.58. The maximum absolute atomic E-state index is 12.8. The molecule has 0 aromatic heterocycles. The Balaban J connectivity index is 1.47. The lowest BCUT2D eigenvalue weighted by atomic mass is 9.90. The second-order valence-corrected chi connectivity index (χ2v) is 7.49. The molecule has 0 saturated carbocycles. The highest BCUT2D eigenvalue weighted by Crippen LogP contribution is 2.33. The second kappa shape index (κ2) is 7.19. The van der Waals surface area contributed by atoms with Gasteiger partial charge in [-0.2, -0.15) is 0 Å². The van der Waals surface area contributed by atoms with Gasteiger partial charge < -0.3 is 19.7 Å². The van der Waals surface area contributed by atoms with Crippen LogP contribution in [0.2, 0.25) is 0 Å². The second-order valence-electron chi connectivity index (χ2n) is 7.49. The maximum atomic E-state index is 12.8. The number of piperidine rings is 1. The monoisotopic (exact) mass is 380 g/mol. The van der Waals surface area contributed by atoms with Crippen LogP contribution in [-0.2, 0) is 0 Å². The Bertz CT molecular complexity index is 899. The summed E-state index contributed by atoms with van der Waals surface area (Å²) in [5, 5.41) is 3.00. The Labute approximate surface area is 164 Å². The molecular weight excluding hydrogens is 356 g/mol. The molecule has 2 heterocycles.